The Balaban J connectivity index is 0.00000364. The molecule has 3 N–H and O–H groups in total. The smallest absolute Gasteiger partial charge is 0.217 e. The molecule has 7 nitrogen and oxygen atoms in total. The lowest BCUT2D eigenvalue weighted by atomic mass is 9.95. The molecule has 2 heterocycles. The number of hydrogen-bond donors (Lipinski definition) is 2. The number of carbonyl (C=O) groups is 1. The van der Waals surface area contributed by atoms with E-state index in [0.29, 0.717) is 12.3 Å². The molecule has 0 aromatic carbocycles. The van der Waals surface area contributed by atoms with Gasteiger partial charge in [-0.15, -0.1) is 24.0 Å². The van der Waals surface area contributed by atoms with Crippen molar-refractivity contribution in [2.75, 3.05) is 66.0 Å². The number of aliphatic imine (C=N–C) groups is 1. The molecular weight excluding hydrogens is 455 g/mol. The van der Waals surface area contributed by atoms with E-state index in [1.807, 2.05) is 0 Å². The number of nitrogens with one attached hydrogen (secondary N) is 1. The van der Waals surface area contributed by atoms with E-state index in [0.717, 1.165) is 51.4 Å². The molecule has 1 amide bonds. The van der Waals surface area contributed by atoms with Crippen LogP contribution in [0.4, 0.5) is 0 Å². The molecule has 8 heteroatoms. The average Bonchev–Trinajstić information content (AvgIpc) is 2.62. The van der Waals surface area contributed by atoms with Gasteiger partial charge in [-0.25, -0.2) is 0 Å². The SMILES string of the molecule is CCNC(=NCCCCN1CCN(C)CC1)N1CCCC(CC(N)=O)C1.I. The molecule has 0 saturated carbocycles. The van der Waals surface area contributed by atoms with Crippen molar-refractivity contribution in [3.63, 3.8) is 0 Å². The number of piperazine rings is 1. The van der Waals surface area contributed by atoms with Crippen LogP contribution in [0.15, 0.2) is 4.99 Å². The molecule has 0 aliphatic carbocycles. The van der Waals surface area contributed by atoms with Gasteiger partial charge in [-0.1, -0.05) is 0 Å². The molecule has 27 heavy (non-hydrogen) atoms. The highest BCUT2D eigenvalue weighted by Crippen LogP contribution is 2.19. The van der Waals surface area contributed by atoms with E-state index in [-0.39, 0.29) is 29.9 Å². The third-order valence-electron chi connectivity index (χ3n) is 5.38. The molecule has 2 aliphatic rings. The van der Waals surface area contributed by atoms with Gasteiger partial charge in [0.25, 0.3) is 0 Å². The molecule has 0 aromatic heterocycles. The standard InChI is InChI=1S/C19H38N6O.HI/c1-3-21-19(25-10-6-7-17(16-25)15-18(20)26)22-8-4-5-9-24-13-11-23(2)12-14-24;/h17H,3-16H2,1-2H3,(H2,20,26)(H,21,22);1H. The van der Waals surface area contributed by atoms with E-state index >= 15 is 0 Å². The third kappa shape index (κ3) is 9.43. The Bertz CT molecular complexity index is 453. The summed E-state index contributed by atoms with van der Waals surface area (Å²) >= 11 is 0. The number of unbranched alkanes of at least 4 members (excludes halogenated alkanes) is 1. The zero-order valence-corrected chi connectivity index (χ0v) is 19.5. The molecule has 0 aromatic rings. The number of amides is 1. The van der Waals surface area contributed by atoms with Crippen LogP contribution in [0.25, 0.3) is 0 Å². The van der Waals surface area contributed by atoms with Crippen molar-refractivity contribution in [2.24, 2.45) is 16.6 Å². The number of likely N-dealkylation sites (N-methyl/N-ethyl adjacent to an activating group) is 1. The van der Waals surface area contributed by atoms with Crippen LogP contribution in [0.3, 0.4) is 0 Å². The average molecular weight is 494 g/mol. The van der Waals surface area contributed by atoms with Crippen LogP contribution in [0.1, 0.15) is 39.0 Å². The molecule has 0 bridgehead atoms. The second kappa shape index (κ2) is 13.5. The number of piperidine rings is 1. The second-order valence-electron chi connectivity index (χ2n) is 7.71. The van der Waals surface area contributed by atoms with E-state index in [1.165, 1.54) is 39.1 Å². The first kappa shape index (κ1) is 24.4. The van der Waals surface area contributed by atoms with Crippen LogP contribution in [0, 0.1) is 5.92 Å². The molecule has 2 rings (SSSR count). The Labute approximate surface area is 182 Å². The fraction of sp³-hybridized carbons (Fsp3) is 0.895. The molecular formula is C19H39IN6O. The van der Waals surface area contributed by atoms with Gasteiger partial charge in [-0.05, 0) is 52.1 Å². The van der Waals surface area contributed by atoms with Crippen molar-refractivity contribution in [1.29, 1.82) is 0 Å². The lowest BCUT2D eigenvalue weighted by Crippen LogP contribution is -2.47. The van der Waals surface area contributed by atoms with Crippen LogP contribution in [0.5, 0.6) is 0 Å². The van der Waals surface area contributed by atoms with E-state index in [1.54, 1.807) is 0 Å². The second-order valence-corrected chi connectivity index (χ2v) is 7.71. The molecule has 2 saturated heterocycles. The zero-order valence-electron chi connectivity index (χ0n) is 17.2. The molecule has 158 valence electrons. The first-order valence-electron chi connectivity index (χ1n) is 10.3. The molecule has 2 fully saturated rings. The number of nitrogens with two attached hydrogens (primary N) is 1. The van der Waals surface area contributed by atoms with Gasteiger partial charge in [0.05, 0.1) is 0 Å². The summed E-state index contributed by atoms with van der Waals surface area (Å²) in [6.07, 6.45) is 5.01. The van der Waals surface area contributed by atoms with Gasteiger partial charge < -0.3 is 25.8 Å². The summed E-state index contributed by atoms with van der Waals surface area (Å²) in [5.41, 5.74) is 5.38. The lowest BCUT2D eigenvalue weighted by Gasteiger charge is -2.34. The number of likely N-dealkylation sites (tertiary alicyclic amines) is 1. The monoisotopic (exact) mass is 494 g/mol. The molecule has 0 radical (unpaired) electrons. The Morgan fingerprint density at radius 2 is 1.93 bits per heavy atom. The van der Waals surface area contributed by atoms with Crippen molar-refractivity contribution >= 4 is 35.8 Å². The molecule has 2 aliphatic heterocycles. The van der Waals surface area contributed by atoms with Crippen molar-refractivity contribution in [2.45, 2.75) is 39.0 Å². The predicted octanol–water partition coefficient (Wildman–Crippen LogP) is 1.18. The van der Waals surface area contributed by atoms with Crippen molar-refractivity contribution < 1.29 is 4.79 Å². The first-order chi connectivity index (χ1) is 12.6. The summed E-state index contributed by atoms with van der Waals surface area (Å²) in [7, 11) is 2.20. The van der Waals surface area contributed by atoms with Gasteiger partial charge in [0.1, 0.15) is 0 Å². The largest absolute Gasteiger partial charge is 0.370 e. The highest BCUT2D eigenvalue weighted by molar-refractivity contribution is 14.0. The number of hydrogen-bond acceptors (Lipinski definition) is 4. The Morgan fingerprint density at radius 3 is 2.59 bits per heavy atom. The summed E-state index contributed by atoms with van der Waals surface area (Å²) in [6, 6.07) is 0. The summed E-state index contributed by atoms with van der Waals surface area (Å²) in [5, 5.41) is 3.42. The number of carbonyl (C=O) groups excluding carboxylic acids is 1. The van der Waals surface area contributed by atoms with Gasteiger partial charge in [0.15, 0.2) is 5.96 Å². The van der Waals surface area contributed by atoms with Crippen LogP contribution in [-0.4, -0.2) is 92.5 Å². The fourth-order valence-electron chi connectivity index (χ4n) is 3.84. The molecule has 1 atom stereocenters. The van der Waals surface area contributed by atoms with Crippen molar-refractivity contribution in [1.82, 2.24) is 20.0 Å². The number of rotatable bonds is 8. The van der Waals surface area contributed by atoms with E-state index in [4.69, 9.17) is 10.7 Å². The van der Waals surface area contributed by atoms with E-state index < -0.39 is 0 Å². The summed E-state index contributed by atoms with van der Waals surface area (Å²) in [6.45, 7) is 11.7. The minimum absolute atomic E-state index is 0. The minimum Gasteiger partial charge on any atom is -0.370 e. The maximum atomic E-state index is 11.2. The first-order valence-corrected chi connectivity index (χ1v) is 10.3. The number of primary amides is 1. The highest BCUT2D eigenvalue weighted by Gasteiger charge is 2.23. The topological polar surface area (TPSA) is 77.2 Å². The number of halogens is 1. The fourth-order valence-corrected chi connectivity index (χ4v) is 3.84. The van der Waals surface area contributed by atoms with Gasteiger partial charge in [-0.2, -0.15) is 0 Å². The van der Waals surface area contributed by atoms with Gasteiger partial charge in [-0.3, -0.25) is 9.79 Å². The zero-order chi connectivity index (χ0) is 18.8. The number of guanidine groups is 1. The number of nitrogens with zero attached hydrogens (tertiary/aromatic N) is 4. The predicted molar refractivity (Wildman–Crippen MR) is 123 cm³/mol. The minimum atomic E-state index is -0.192. The van der Waals surface area contributed by atoms with Gasteiger partial charge >= 0.3 is 0 Å². The van der Waals surface area contributed by atoms with Crippen molar-refractivity contribution in [3.05, 3.63) is 0 Å². The Hall–Kier alpha value is -0.610. The van der Waals surface area contributed by atoms with Crippen LogP contribution in [0.2, 0.25) is 0 Å². The summed E-state index contributed by atoms with van der Waals surface area (Å²) in [5.74, 6) is 1.17. The quantitative estimate of drug-likeness (QED) is 0.230. The summed E-state index contributed by atoms with van der Waals surface area (Å²) < 4.78 is 0. The maximum Gasteiger partial charge on any atom is 0.217 e. The third-order valence-corrected chi connectivity index (χ3v) is 5.38. The summed E-state index contributed by atoms with van der Waals surface area (Å²) in [4.78, 5) is 23.3. The maximum absolute atomic E-state index is 11.2. The molecule has 1 unspecified atom stereocenters. The van der Waals surface area contributed by atoms with E-state index in [2.05, 4.69) is 34.0 Å². The Morgan fingerprint density at radius 1 is 1.19 bits per heavy atom. The van der Waals surface area contributed by atoms with Crippen LogP contribution < -0.4 is 11.1 Å². The van der Waals surface area contributed by atoms with E-state index in [9.17, 15) is 4.79 Å². The van der Waals surface area contributed by atoms with Crippen LogP contribution in [-0.2, 0) is 4.79 Å². The lowest BCUT2D eigenvalue weighted by molar-refractivity contribution is -0.119. The molecule has 0 spiro atoms. The highest BCUT2D eigenvalue weighted by atomic mass is 127. The van der Waals surface area contributed by atoms with Gasteiger partial charge in [0, 0.05) is 58.8 Å². The Kier molecular flexibility index (Phi) is 12.3. The van der Waals surface area contributed by atoms with Gasteiger partial charge in [0.2, 0.25) is 5.91 Å². The van der Waals surface area contributed by atoms with Crippen LogP contribution >= 0.6 is 24.0 Å². The van der Waals surface area contributed by atoms with Crippen molar-refractivity contribution in [3.8, 4) is 0 Å². The normalized spacial score (nSPS) is 22.4.